The molecule has 0 fully saturated rings. The van der Waals surface area contributed by atoms with Crippen molar-refractivity contribution < 1.29 is 23.9 Å². The van der Waals surface area contributed by atoms with Gasteiger partial charge in [0, 0.05) is 36.3 Å². The van der Waals surface area contributed by atoms with Gasteiger partial charge in [-0.3, -0.25) is 19.2 Å². The lowest BCUT2D eigenvalue weighted by molar-refractivity contribution is -0.118. The van der Waals surface area contributed by atoms with Crippen molar-refractivity contribution in [3.05, 3.63) is 89.0 Å². The first-order valence-electron chi connectivity index (χ1n) is 9.95. The minimum atomic E-state index is -0.470. The molecule has 4 rings (SSSR count). The number of rotatable bonds is 5. The van der Waals surface area contributed by atoms with Crippen LogP contribution in [0.3, 0.4) is 0 Å². The molecule has 7 heteroatoms. The topological polar surface area (TPSA) is 92.8 Å². The van der Waals surface area contributed by atoms with E-state index in [1.54, 1.807) is 73.8 Å². The van der Waals surface area contributed by atoms with E-state index in [1.807, 2.05) is 0 Å². The Morgan fingerprint density at radius 1 is 0.844 bits per heavy atom. The van der Waals surface area contributed by atoms with Gasteiger partial charge in [0.25, 0.3) is 5.91 Å². The molecule has 1 aliphatic carbocycles. The summed E-state index contributed by atoms with van der Waals surface area (Å²) < 4.78 is 5.52. The van der Waals surface area contributed by atoms with Crippen LogP contribution in [0, 0.1) is 0 Å². The number of fused-ring (bicyclic) bond motifs is 2. The average molecular weight is 428 g/mol. The number of anilines is 2. The molecule has 1 aliphatic rings. The van der Waals surface area contributed by atoms with E-state index in [9.17, 15) is 19.2 Å². The van der Waals surface area contributed by atoms with Crippen molar-refractivity contribution in [3.8, 4) is 5.75 Å². The van der Waals surface area contributed by atoms with Crippen LogP contribution in [0.25, 0.3) is 0 Å². The molecule has 32 heavy (non-hydrogen) atoms. The number of carbonyl (C=O) groups is 4. The van der Waals surface area contributed by atoms with E-state index >= 15 is 0 Å². The fourth-order valence-corrected chi connectivity index (χ4v) is 3.53. The Bertz CT molecular complexity index is 1250. The van der Waals surface area contributed by atoms with Gasteiger partial charge >= 0.3 is 0 Å². The number of benzene rings is 3. The lowest BCUT2D eigenvalue weighted by Crippen LogP contribution is -2.26. The molecule has 3 aromatic rings. The largest absolute Gasteiger partial charge is 0.484 e. The minimum absolute atomic E-state index is 0.0973. The van der Waals surface area contributed by atoms with Gasteiger partial charge in [-0.1, -0.05) is 36.4 Å². The summed E-state index contributed by atoms with van der Waals surface area (Å²) in [6, 6.07) is 18.2. The molecule has 0 radical (unpaired) electrons. The standard InChI is InChI=1S/C25H20N2O5/c1-15(28)27(2)16-10-12-17(13-11-16)32-14-22(29)26-21-9-5-8-20-23(21)25(31)19-7-4-3-6-18(19)24(20)30/h3-13H,14H2,1-2H3,(H,26,29). The summed E-state index contributed by atoms with van der Waals surface area (Å²) in [6.45, 7) is 1.18. The Balaban J connectivity index is 1.48. The first-order valence-corrected chi connectivity index (χ1v) is 9.95. The van der Waals surface area contributed by atoms with Crippen LogP contribution in [0.5, 0.6) is 5.75 Å². The Labute approximate surface area is 184 Å². The fourth-order valence-electron chi connectivity index (χ4n) is 3.53. The summed E-state index contributed by atoms with van der Waals surface area (Å²) in [5, 5.41) is 2.68. The predicted octanol–water partition coefficient (Wildman–Crippen LogP) is 3.46. The second kappa shape index (κ2) is 8.47. The highest BCUT2D eigenvalue weighted by molar-refractivity contribution is 6.30. The third-order valence-electron chi connectivity index (χ3n) is 5.29. The summed E-state index contributed by atoms with van der Waals surface area (Å²) in [7, 11) is 1.66. The van der Waals surface area contributed by atoms with Crippen molar-refractivity contribution in [2.24, 2.45) is 0 Å². The van der Waals surface area contributed by atoms with Crippen molar-refractivity contribution in [1.29, 1.82) is 0 Å². The van der Waals surface area contributed by atoms with Gasteiger partial charge in [0.15, 0.2) is 18.2 Å². The number of ketones is 2. The van der Waals surface area contributed by atoms with Gasteiger partial charge in [-0.15, -0.1) is 0 Å². The maximum Gasteiger partial charge on any atom is 0.262 e. The van der Waals surface area contributed by atoms with Crippen LogP contribution in [0.15, 0.2) is 66.7 Å². The number of nitrogens with zero attached hydrogens (tertiary/aromatic N) is 1. The molecular formula is C25H20N2O5. The van der Waals surface area contributed by atoms with Crippen LogP contribution >= 0.6 is 0 Å². The molecule has 0 saturated heterocycles. The molecule has 0 spiro atoms. The lowest BCUT2D eigenvalue weighted by atomic mass is 9.83. The summed E-state index contributed by atoms with van der Waals surface area (Å²) in [5.41, 5.74) is 2.09. The van der Waals surface area contributed by atoms with Crippen molar-refractivity contribution in [2.75, 3.05) is 23.9 Å². The van der Waals surface area contributed by atoms with E-state index in [4.69, 9.17) is 4.74 Å². The van der Waals surface area contributed by atoms with Gasteiger partial charge in [0.05, 0.1) is 11.3 Å². The third-order valence-corrected chi connectivity index (χ3v) is 5.29. The Morgan fingerprint density at radius 2 is 1.47 bits per heavy atom. The molecule has 0 aliphatic heterocycles. The van der Waals surface area contributed by atoms with Crippen LogP contribution in [0.1, 0.15) is 38.8 Å². The highest BCUT2D eigenvalue weighted by Gasteiger charge is 2.31. The predicted molar refractivity (Wildman–Crippen MR) is 119 cm³/mol. The van der Waals surface area contributed by atoms with Gasteiger partial charge in [0.1, 0.15) is 5.75 Å². The van der Waals surface area contributed by atoms with Crippen LogP contribution in [-0.2, 0) is 9.59 Å². The van der Waals surface area contributed by atoms with E-state index in [0.29, 0.717) is 22.6 Å². The maximum atomic E-state index is 13.0. The zero-order chi connectivity index (χ0) is 22.8. The van der Waals surface area contributed by atoms with E-state index in [-0.39, 0.29) is 40.9 Å². The Kier molecular flexibility index (Phi) is 5.55. The van der Waals surface area contributed by atoms with Crippen LogP contribution in [-0.4, -0.2) is 37.0 Å². The van der Waals surface area contributed by atoms with Crippen LogP contribution in [0.4, 0.5) is 11.4 Å². The summed E-state index contributed by atoms with van der Waals surface area (Å²) in [5.74, 6) is -0.672. The molecule has 0 saturated carbocycles. The van der Waals surface area contributed by atoms with Crippen molar-refractivity contribution in [2.45, 2.75) is 6.92 Å². The van der Waals surface area contributed by atoms with Gasteiger partial charge in [0.2, 0.25) is 5.91 Å². The highest BCUT2D eigenvalue weighted by Crippen LogP contribution is 2.32. The molecule has 3 aromatic carbocycles. The molecule has 7 nitrogen and oxygen atoms in total. The maximum absolute atomic E-state index is 13.0. The van der Waals surface area contributed by atoms with Gasteiger partial charge < -0.3 is 15.0 Å². The van der Waals surface area contributed by atoms with Gasteiger partial charge in [-0.2, -0.15) is 0 Å². The number of carbonyl (C=O) groups excluding carboxylic acids is 4. The average Bonchev–Trinajstić information content (AvgIpc) is 2.81. The fraction of sp³-hybridized carbons (Fsp3) is 0.120. The molecule has 0 heterocycles. The molecule has 1 N–H and O–H groups in total. The third kappa shape index (κ3) is 3.88. The SMILES string of the molecule is CC(=O)N(C)c1ccc(OCC(=O)Nc2cccc3c2C(=O)c2ccccc2C3=O)cc1. The van der Waals surface area contributed by atoms with Crippen LogP contribution < -0.4 is 15.0 Å². The number of ether oxygens (including phenoxy) is 1. The van der Waals surface area contributed by atoms with Crippen LogP contribution in [0.2, 0.25) is 0 Å². The van der Waals surface area contributed by atoms with E-state index in [0.717, 1.165) is 0 Å². The molecule has 0 unspecified atom stereocenters. The lowest BCUT2D eigenvalue weighted by Gasteiger charge is -2.20. The molecule has 0 aromatic heterocycles. The molecule has 2 amide bonds. The molecule has 0 atom stereocenters. The Morgan fingerprint density at radius 3 is 2.12 bits per heavy atom. The van der Waals surface area contributed by atoms with E-state index < -0.39 is 5.91 Å². The minimum Gasteiger partial charge on any atom is -0.484 e. The normalized spacial score (nSPS) is 11.9. The summed E-state index contributed by atoms with van der Waals surface area (Å²) in [6.07, 6.45) is 0. The molecule has 160 valence electrons. The zero-order valence-corrected chi connectivity index (χ0v) is 17.5. The van der Waals surface area contributed by atoms with Crippen molar-refractivity contribution >= 4 is 34.8 Å². The first-order chi connectivity index (χ1) is 15.4. The number of amides is 2. The summed E-state index contributed by atoms with van der Waals surface area (Å²) in [4.78, 5) is 51.2. The van der Waals surface area contributed by atoms with Gasteiger partial charge in [-0.25, -0.2) is 0 Å². The van der Waals surface area contributed by atoms with Gasteiger partial charge in [-0.05, 0) is 30.3 Å². The second-order valence-electron chi connectivity index (χ2n) is 7.34. The molecular weight excluding hydrogens is 408 g/mol. The van der Waals surface area contributed by atoms with E-state index in [2.05, 4.69) is 5.32 Å². The first kappa shape index (κ1) is 21.0. The van der Waals surface area contributed by atoms with Crippen molar-refractivity contribution in [1.82, 2.24) is 0 Å². The summed E-state index contributed by atoms with van der Waals surface area (Å²) >= 11 is 0. The number of nitrogens with one attached hydrogen (secondary N) is 1. The Hall–Kier alpha value is -4.26. The monoisotopic (exact) mass is 428 g/mol. The second-order valence-corrected chi connectivity index (χ2v) is 7.34. The number of hydrogen-bond donors (Lipinski definition) is 1. The smallest absolute Gasteiger partial charge is 0.262 e. The quantitative estimate of drug-likeness (QED) is 0.526. The molecule has 0 bridgehead atoms. The van der Waals surface area contributed by atoms with Crippen molar-refractivity contribution in [3.63, 3.8) is 0 Å². The highest BCUT2D eigenvalue weighted by atomic mass is 16.5. The zero-order valence-electron chi connectivity index (χ0n) is 17.5. The number of hydrogen-bond acceptors (Lipinski definition) is 5. The van der Waals surface area contributed by atoms with E-state index in [1.165, 1.54) is 11.8 Å².